The van der Waals surface area contributed by atoms with Crippen LogP contribution in [0.1, 0.15) is 72.0 Å². The van der Waals surface area contributed by atoms with Crippen LogP contribution in [-0.4, -0.2) is 22.6 Å². The molecule has 2 N–H and O–H groups in total. The second kappa shape index (κ2) is 8.77. The highest BCUT2D eigenvalue weighted by Gasteiger charge is 2.09. The maximum Gasteiger partial charge on any atom is 0.135 e. The van der Waals surface area contributed by atoms with Crippen LogP contribution in [0.3, 0.4) is 0 Å². The Morgan fingerprint density at radius 1 is 1.05 bits per heavy atom. The van der Waals surface area contributed by atoms with Crippen molar-refractivity contribution < 1.29 is 0 Å². The highest BCUT2D eigenvalue weighted by atomic mass is 15.1. The largest absolute Gasteiger partial charge is 0.370 e. The number of aromatic nitrogens is 2. The topological polar surface area (TPSA) is 49.8 Å². The molecule has 0 fully saturated rings. The quantitative estimate of drug-likeness (QED) is 0.702. The molecule has 0 radical (unpaired) electrons. The van der Waals surface area contributed by atoms with Crippen molar-refractivity contribution in [3.05, 3.63) is 11.9 Å². The van der Waals surface area contributed by atoms with Gasteiger partial charge in [-0.15, -0.1) is 0 Å². The first-order valence-electron chi connectivity index (χ1n) is 7.96. The van der Waals surface area contributed by atoms with Gasteiger partial charge < -0.3 is 10.6 Å². The van der Waals surface area contributed by atoms with Crippen LogP contribution in [-0.2, 0) is 0 Å². The van der Waals surface area contributed by atoms with Gasteiger partial charge in [-0.2, -0.15) is 0 Å². The van der Waals surface area contributed by atoms with Gasteiger partial charge in [0, 0.05) is 24.6 Å². The van der Waals surface area contributed by atoms with Gasteiger partial charge in [0.25, 0.3) is 0 Å². The fraction of sp³-hybridized carbons (Fsp3) is 0.750. The van der Waals surface area contributed by atoms with Crippen molar-refractivity contribution in [3.8, 4) is 0 Å². The van der Waals surface area contributed by atoms with Crippen LogP contribution in [0.4, 0.5) is 11.6 Å². The third kappa shape index (κ3) is 5.76. The highest BCUT2D eigenvalue weighted by molar-refractivity contribution is 5.48. The number of rotatable bonds is 9. The normalized spacial score (nSPS) is 12.5. The molecule has 4 heteroatoms. The zero-order valence-electron chi connectivity index (χ0n) is 13.7. The lowest BCUT2D eigenvalue weighted by molar-refractivity contribution is 0.641. The van der Waals surface area contributed by atoms with Gasteiger partial charge in [0.1, 0.15) is 17.5 Å². The Balaban J connectivity index is 2.79. The van der Waals surface area contributed by atoms with Gasteiger partial charge in [0.2, 0.25) is 0 Å². The van der Waals surface area contributed by atoms with Gasteiger partial charge in [-0.1, -0.05) is 40.5 Å². The van der Waals surface area contributed by atoms with E-state index in [0.29, 0.717) is 12.0 Å². The minimum Gasteiger partial charge on any atom is -0.370 e. The Morgan fingerprint density at radius 2 is 1.75 bits per heavy atom. The molecule has 0 amide bonds. The second-order valence-electron chi connectivity index (χ2n) is 5.77. The molecule has 0 saturated carbocycles. The Bertz CT molecular complexity index is 390. The van der Waals surface area contributed by atoms with E-state index in [1.807, 2.05) is 6.07 Å². The van der Waals surface area contributed by atoms with Crippen molar-refractivity contribution >= 4 is 11.6 Å². The van der Waals surface area contributed by atoms with Crippen molar-refractivity contribution in [2.75, 3.05) is 17.2 Å². The van der Waals surface area contributed by atoms with Crippen LogP contribution in [0.25, 0.3) is 0 Å². The lowest BCUT2D eigenvalue weighted by atomic mass is 10.1. The van der Waals surface area contributed by atoms with Crippen LogP contribution in [0.5, 0.6) is 0 Å². The molecule has 0 aliphatic heterocycles. The van der Waals surface area contributed by atoms with E-state index < -0.39 is 0 Å². The number of hydrogen-bond acceptors (Lipinski definition) is 4. The maximum absolute atomic E-state index is 4.63. The molecule has 1 unspecified atom stereocenters. The van der Waals surface area contributed by atoms with Crippen LogP contribution in [0.2, 0.25) is 0 Å². The summed E-state index contributed by atoms with van der Waals surface area (Å²) in [6.07, 6.45) is 4.75. The fourth-order valence-electron chi connectivity index (χ4n) is 1.98. The minimum absolute atomic E-state index is 0.338. The summed E-state index contributed by atoms with van der Waals surface area (Å²) in [5.74, 6) is 3.10. The molecule has 0 spiro atoms. The molecule has 114 valence electrons. The number of nitrogens with one attached hydrogen (secondary N) is 2. The Kier molecular flexibility index (Phi) is 7.34. The van der Waals surface area contributed by atoms with E-state index >= 15 is 0 Å². The van der Waals surface area contributed by atoms with Gasteiger partial charge >= 0.3 is 0 Å². The first-order valence-corrected chi connectivity index (χ1v) is 7.96. The van der Waals surface area contributed by atoms with Crippen LogP contribution in [0, 0.1) is 0 Å². The van der Waals surface area contributed by atoms with Crippen LogP contribution in [0.15, 0.2) is 6.07 Å². The number of anilines is 2. The van der Waals surface area contributed by atoms with E-state index in [-0.39, 0.29) is 0 Å². The second-order valence-corrected chi connectivity index (χ2v) is 5.77. The van der Waals surface area contributed by atoms with Crippen molar-refractivity contribution in [2.24, 2.45) is 0 Å². The summed E-state index contributed by atoms with van der Waals surface area (Å²) in [5.41, 5.74) is 0. The molecule has 1 atom stereocenters. The molecular weight excluding hydrogens is 248 g/mol. The fourth-order valence-corrected chi connectivity index (χ4v) is 1.98. The minimum atomic E-state index is 0.338. The van der Waals surface area contributed by atoms with E-state index in [1.54, 1.807) is 0 Å². The molecule has 4 nitrogen and oxygen atoms in total. The van der Waals surface area contributed by atoms with E-state index in [1.165, 1.54) is 19.3 Å². The van der Waals surface area contributed by atoms with Crippen molar-refractivity contribution in [2.45, 2.75) is 72.3 Å². The third-order valence-electron chi connectivity index (χ3n) is 3.20. The Hall–Kier alpha value is -1.32. The molecule has 20 heavy (non-hydrogen) atoms. The number of unbranched alkanes of at least 4 members (excludes halogenated alkanes) is 1. The smallest absolute Gasteiger partial charge is 0.135 e. The van der Waals surface area contributed by atoms with E-state index in [9.17, 15) is 0 Å². The maximum atomic E-state index is 4.63. The highest BCUT2D eigenvalue weighted by Crippen LogP contribution is 2.18. The van der Waals surface area contributed by atoms with Crippen molar-refractivity contribution in [1.29, 1.82) is 0 Å². The average molecular weight is 278 g/mol. The summed E-state index contributed by atoms with van der Waals surface area (Å²) < 4.78 is 0. The number of nitrogens with zero attached hydrogens (tertiary/aromatic N) is 2. The van der Waals surface area contributed by atoms with Crippen LogP contribution >= 0.6 is 0 Å². The summed E-state index contributed by atoms with van der Waals surface area (Å²) in [4.78, 5) is 9.20. The van der Waals surface area contributed by atoms with Gasteiger partial charge in [0.15, 0.2) is 0 Å². The van der Waals surface area contributed by atoms with E-state index in [2.05, 4.69) is 55.2 Å². The third-order valence-corrected chi connectivity index (χ3v) is 3.20. The molecule has 1 rings (SSSR count). The zero-order chi connectivity index (χ0) is 15.0. The molecule has 1 aromatic rings. The van der Waals surface area contributed by atoms with Gasteiger partial charge in [0.05, 0.1) is 0 Å². The number of hydrogen-bond donors (Lipinski definition) is 2. The first-order chi connectivity index (χ1) is 9.56. The first kappa shape index (κ1) is 16.7. The van der Waals surface area contributed by atoms with E-state index in [4.69, 9.17) is 0 Å². The predicted molar refractivity (Wildman–Crippen MR) is 87.5 cm³/mol. The molecule has 0 bridgehead atoms. The summed E-state index contributed by atoms with van der Waals surface area (Å²) in [5, 5.41) is 6.85. The Morgan fingerprint density at radius 3 is 2.35 bits per heavy atom. The lowest BCUT2D eigenvalue weighted by Gasteiger charge is -2.17. The molecule has 0 saturated heterocycles. The molecular formula is C16H30N4. The zero-order valence-corrected chi connectivity index (χ0v) is 13.7. The van der Waals surface area contributed by atoms with Crippen molar-refractivity contribution in [3.63, 3.8) is 0 Å². The van der Waals surface area contributed by atoms with E-state index in [0.717, 1.165) is 30.4 Å². The van der Waals surface area contributed by atoms with Gasteiger partial charge in [-0.05, 0) is 19.8 Å². The molecule has 0 aliphatic carbocycles. The molecule has 1 heterocycles. The average Bonchev–Trinajstić information content (AvgIpc) is 2.42. The summed E-state index contributed by atoms with van der Waals surface area (Å²) in [6.45, 7) is 11.8. The molecule has 0 aliphatic rings. The van der Waals surface area contributed by atoms with Crippen molar-refractivity contribution in [1.82, 2.24) is 9.97 Å². The standard InChI is InChI=1S/C16H30N4/c1-6-8-9-13(5)18-15-11-14(17-10-7-2)19-16(20-15)12(3)4/h11-13H,6-10H2,1-5H3,(H2,17,18,19,20). The summed E-state index contributed by atoms with van der Waals surface area (Å²) >= 11 is 0. The molecule has 0 aromatic carbocycles. The SMILES string of the molecule is CCCCC(C)Nc1cc(NCCC)nc(C(C)C)n1. The monoisotopic (exact) mass is 278 g/mol. The predicted octanol–water partition coefficient (Wildman–Crippen LogP) is 4.41. The van der Waals surface area contributed by atoms with Gasteiger partial charge in [-0.3, -0.25) is 0 Å². The van der Waals surface area contributed by atoms with Crippen LogP contribution < -0.4 is 10.6 Å². The summed E-state index contributed by atoms with van der Waals surface area (Å²) in [6, 6.07) is 2.47. The Labute approximate surface area is 123 Å². The van der Waals surface area contributed by atoms with Gasteiger partial charge in [-0.25, -0.2) is 9.97 Å². The molecule has 1 aromatic heterocycles. The summed E-state index contributed by atoms with van der Waals surface area (Å²) in [7, 11) is 0. The lowest BCUT2D eigenvalue weighted by Crippen LogP contribution is -2.17.